The first-order chi connectivity index (χ1) is 9.95. The van der Waals surface area contributed by atoms with Gasteiger partial charge in [-0.05, 0) is 0 Å². The van der Waals surface area contributed by atoms with Gasteiger partial charge in [-0.1, -0.05) is 0 Å². The van der Waals surface area contributed by atoms with E-state index < -0.39 is 42.1 Å². The lowest BCUT2D eigenvalue weighted by molar-refractivity contribution is 0.0191. The molecule has 0 spiro atoms. The molecule has 10 nitrogen and oxygen atoms in total. The fraction of sp³-hybridized carbons (Fsp3) is 0.500. The Morgan fingerprint density at radius 3 is 2.65 bits per heavy atom. The van der Waals surface area contributed by atoms with Crippen LogP contribution in [0, 0.1) is 0 Å². The molecule has 2 aromatic rings. The summed E-state index contributed by atoms with van der Waals surface area (Å²) in [6.45, 7) is -0.526. The summed E-state index contributed by atoms with van der Waals surface area (Å²) in [5.74, 6) is 0. The van der Waals surface area contributed by atoms with Gasteiger partial charge in [0.2, 0.25) is 0 Å². The lowest BCUT2D eigenvalue weighted by Gasteiger charge is -2.14. The molecule has 10 heteroatoms. The van der Waals surface area contributed by atoms with Crippen LogP contribution in [-0.2, 0) is 0 Å². The van der Waals surface area contributed by atoms with Crippen molar-refractivity contribution in [2.45, 2.75) is 24.3 Å². The van der Waals surface area contributed by atoms with Gasteiger partial charge in [0.05, 0.1) is 36.0 Å². The second kappa shape index (κ2) is 4.52. The summed E-state index contributed by atoms with van der Waals surface area (Å²) in [6, 6.07) is -2.06. The fourth-order valence-corrected chi connectivity index (χ4v) is 2.36. The van der Waals surface area contributed by atoms with Gasteiger partial charge in [0.15, 0.2) is 5.52 Å². The third-order valence-electron chi connectivity index (χ3n) is 3.38. The number of hydrogen-bond donors (Lipinski definition) is 7. The lowest BCUT2D eigenvalue weighted by Crippen LogP contribution is -2.35. The summed E-state index contributed by atoms with van der Waals surface area (Å²) in [7, 11) is 0. The van der Waals surface area contributed by atoms with Crippen molar-refractivity contribution in [3.63, 3.8) is 0 Å². The van der Waals surface area contributed by atoms with Crippen LogP contribution in [0.25, 0.3) is 11.0 Å². The fourth-order valence-electron chi connectivity index (χ4n) is 2.36. The smallest absolute Gasteiger partial charge is 0.326 e. The second-order valence-corrected chi connectivity index (χ2v) is 4.59. The van der Waals surface area contributed by atoms with E-state index >= 15 is 0 Å². The average molecular weight is 284 g/mol. The number of fused-ring (bicyclic) bond motifs is 1. The molecule has 108 valence electrons. The van der Waals surface area contributed by atoms with Gasteiger partial charge in [0.25, 0.3) is 5.56 Å². The Morgan fingerprint density at radius 2 is 2.00 bits per heavy atom. The maximum atomic E-state index is 11.6. The monoisotopic (exact) mass is 284 g/mol. The Hall–Kier alpha value is -2.01. The van der Waals surface area contributed by atoms with Crippen LogP contribution in [-0.4, -0.2) is 60.3 Å². The maximum Gasteiger partial charge on any atom is 0.326 e. The Balaban J connectivity index is 2.17. The number of aromatic nitrogens is 4. The zero-order valence-electron chi connectivity index (χ0n) is 11.1. The normalized spacial score (nSPS) is 31.9. The van der Waals surface area contributed by atoms with Crippen molar-refractivity contribution in [2.24, 2.45) is 0 Å². The largest absolute Gasteiger partial charge is 0.395 e. The molecule has 1 saturated heterocycles. The molecule has 3 heterocycles. The minimum Gasteiger partial charge on any atom is -0.395 e. The highest BCUT2D eigenvalue weighted by molar-refractivity contribution is 5.76. The molecule has 0 saturated carbocycles. The average Bonchev–Trinajstić information content (AvgIpc) is 2.91. The molecule has 0 amide bonds. The zero-order valence-corrected chi connectivity index (χ0v) is 10.1. The van der Waals surface area contributed by atoms with E-state index in [0.717, 1.165) is 5.31 Å². The van der Waals surface area contributed by atoms with Crippen LogP contribution < -0.4 is 16.6 Å². The Kier molecular flexibility index (Phi) is 2.67. The highest BCUT2D eigenvalue weighted by Gasteiger charge is 2.43. The number of H-pyrrole nitrogens is 3. The Bertz CT molecular complexity index is 784. The SMILES string of the molecule is [2H]N1[C@H](CO)[C@@H](O)[C@@H](O)[C@@H]1c1[nH]nc2c(=O)[nH]c(=O)[nH]c12. The van der Waals surface area contributed by atoms with E-state index in [4.69, 9.17) is 1.41 Å². The molecular weight excluding hydrogens is 270 g/mol. The van der Waals surface area contributed by atoms with Crippen molar-refractivity contribution in [3.05, 3.63) is 26.5 Å². The predicted molar refractivity (Wildman–Crippen MR) is 66.1 cm³/mol. The third-order valence-corrected chi connectivity index (χ3v) is 3.38. The molecule has 3 rings (SSSR count). The topological polar surface area (TPSA) is 167 Å². The van der Waals surface area contributed by atoms with E-state index in [2.05, 4.69) is 15.2 Å². The molecule has 20 heavy (non-hydrogen) atoms. The summed E-state index contributed by atoms with van der Waals surface area (Å²) in [4.78, 5) is 27.3. The van der Waals surface area contributed by atoms with Crippen molar-refractivity contribution < 1.29 is 16.7 Å². The van der Waals surface area contributed by atoms with Gasteiger partial charge in [-0.15, -0.1) is 0 Å². The van der Waals surface area contributed by atoms with E-state index in [9.17, 15) is 24.9 Å². The summed E-state index contributed by atoms with van der Waals surface area (Å²) in [5, 5.41) is 36.1. The molecule has 4 atom stereocenters. The lowest BCUT2D eigenvalue weighted by atomic mass is 10.1. The summed E-state index contributed by atoms with van der Waals surface area (Å²) < 4.78 is 7.89. The van der Waals surface area contributed by atoms with Crippen molar-refractivity contribution in [1.82, 2.24) is 25.5 Å². The van der Waals surface area contributed by atoms with Crippen LogP contribution in [0.4, 0.5) is 0 Å². The summed E-state index contributed by atoms with van der Waals surface area (Å²) in [5.41, 5.74) is -1.37. The number of nitrogens with zero attached hydrogens (tertiary/aromatic N) is 1. The first-order valence-electron chi connectivity index (χ1n) is 6.35. The van der Waals surface area contributed by atoms with Crippen LogP contribution in [0.5, 0.6) is 0 Å². The number of hydrogen-bond acceptors (Lipinski definition) is 7. The first-order valence-corrected chi connectivity index (χ1v) is 5.90. The molecule has 0 aromatic carbocycles. The highest BCUT2D eigenvalue weighted by Crippen LogP contribution is 2.28. The molecular formula is C10H13N5O5. The Morgan fingerprint density at radius 1 is 1.25 bits per heavy atom. The molecule has 1 aliphatic heterocycles. The molecule has 0 aliphatic carbocycles. The van der Waals surface area contributed by atoms with Gasteiger partial charge in [-0.25, -0.2) is 4.79 Å². The number of rotatable bonds is 2. The van der Waals surface area contributed by atoms with Gasteiger partial charge >= 0.3 is 5.69 Å². The quantitative estimate of drug-likeness (QED) is 0.302. The molecule has 1 aliphatic rings. The second-order valence-electron chi connectivity index (χ2n) is 4.59. The van der Waals surface area contributed by atoms with Gasteiger partial charge in [0.1, 0.15) is 7.52 Å². The van der Waals surface area contributed by atoms with Crippen molar-refractivity contribution in [3.8, 4) is 0 Å². The zero-order chi connectivity index (χ0) is 15.3. The molecule has 1 fully saturated rings. The maximum absolute atomic E-state index is 11.6. The van der Waals surface area contributed by atoms with E-state index in [0.29, 0.717) is 0 Å². The summed E-state index contributed by atoms with van der Waals surface area (Å²) in [6.07, 6.45) is -2.73. The molecule has 0 radical (unpaired) electrons. The standard InChI is InChI=1S/C10H13N5O5/c16-1-2-7(17)8(18)5(11-2)4-3-6(15-14-4)9(19)13-10(20)12-3/h2,5,7-8,11,16-18H,1H2,(H,14,15)(H2,12,13,19,20)/t2-,5+,7-,8+/m1/s1/i/hD. The number of aromatic amines is 3. The first kappa shape index (κ1) is 11.8. The minimum atomic E-state index is -1.38. The van der Waals surface area contributed by atoms with Crippen LogP contribution in [0.15, 0.2) is 9.59 Å². The molecule has 2 aromatic heterocycles. The van der Waals surface area contributed by atoms with E-state index in [1.54, 1.807) is 0 Å². The van der Waals surface area contributed by atoms with Gasteiger partial charge < -0.3 is 20.3 Å². The van der Waals surface area contributed by atoms with E-state index in [-0.39, 0.29) is 16.7 Å². The molecule has 7 N–H and O–H groups in total. The molecule has 0 unspecified atom stereocenters. The number of aliphatic hydroxyl groups excluding tert-OH is 3. The van der Waals surface area contributed by atoms with Gasteiger partial charge in [0, 0.05) is 0 Å². The Labute approximate surface area is 111 Å². The van der Waals surface area contributed by atoms with Crippen LogP contribution in [0.3, 0.4) is 0 Å². The number of nitrogens with one attached hydrogen (secondary N) is 4. The van der Waals surface area contributed by atoms with Gasteiger partial charge in [-0.3, -0.25) is 20.2 Å². The minimum absolute atomic E-state index is 0.0517. The van der Waals surface area contributed by atoms with Crippen molar-refractivity contribution in [2.75, 3.05) is 6.61 Å². The van der Waals surface area contributed by atoms with E-state index in [1.165, 1.54) is 0 Å². The highest BCUT2D eigenvalue weighted by atomic mass is 16.3. The molecule has 0 bridgehead atoms. The van der Waals surface area contributed by atoms with Crippen LogP contribution >= 0.6 is 0 Å². The van der Waals surface area contributed by atoms with Crippen molar-refractivity contribution in [1.29, 1.82) is 0 Å². The van der Waals surface area contributed by atoms with Crippen LogP contribution in [0.2, 0.25) is 1.41 Å². The predicted octanol–water partition coefficient (Wildman–Crippen LogP) is -3.33. The van der Waals surface area contributed by atoms with Crippen LogP contribution in [0.1, 0.15) is 11.7 Å². The van der Waals surface area contributed by atoms with Gasteiger partial charge in [-0.2, -0.15) is 5.10 Å². The third kappa shape index (κ3) is 1.78. The summed E-state index contributed by atoms with van der Waals surface area (Å²) >= 11 is 0. The van der Waals surface area contributed by atoms with E-state index in [1.807, 2.05) is 4.98 Å². The number of aliphatic hydroxyl groups is 3. The van der Waals surface area contributed by atoms with Crippen molar-refractivity contribution >= 4 is 11.0 Å².